The molecule has 3 atom stereocenters. The first-order valence-corrected chi connectivity index (χ1v) is 14.3. The molecule has 0 aliphatic carbocycles. The third-order valence-corrected chi connectivity index (χ3v) is 7.80. The molecule has 12 heteroatoms. The molecule has 2 aromatic heterocycles. The molecular weight excluding hydrogens is 551 g/mol. The largest absolute Gasteiger partial charge is 0.447 e. The van der Waals surface area contributed by atoms with Crippen molar-refractivity contribution in [1.82, 2.24) is 19.9 Å². The van der Waals surface area contributed by atoms with Gasteiger partial charge in [-0.25, -0.2) is 14.2 Å². The van der Waals surface area contributed by atoms with E-state index in [2.05, 4.69) is 50.1 Å². The number of amides is 2. The highest BCUT2D eigenvalue weighted by Crippen LogP contribution is 2.33. The van der Waals surface area contributed by atoms with Gasteiger partial charge in [0.05, 0.1) is 11.7 Å². The van der Waals surface area contributed by atoms with E-state index in [1.165, 1.54) is 24.1 Å². The van der Waals surface area contributed by atoms with Crippen molar-refractivity contribution in [3.63, 3.8) is 0 Å². The highest BCUT2D eigenvalue weighted by atomic mass is 19.1. The number of piperazine rings is 1. The van der Waals surface area contributed by atoms with Crippen LogP contribution in [-0.2, 0) is 9.53 Å². The van der Waals surface area contributed by atoms with E-state index in [1.54, 1.807) is 6.07 Å². The second-order valence-corrected chi connectivity index (χ2v) is 11.0. The molecule has 2 amide bonds. The van der Waals surface area contributed by atoms with E-state index in [9.17, 15) is 14.0 Å². The summed E-state index contributed by atoms with van der Waals surface area (Å²) in [6, 6.07) is 8.60. The normalized spacial score (nSPS) is 18.6. The van der Waals surface area contributed by atoms with Crippen LogP contribution < -0.4 is 20.4 Å². The second kappa shape index (κ2) is 12.7. The minimum absolute atomic E-state index is 0.0321. The van der Waals surface area contributed by atoms with Crippen LogP contribution in [0.2, 0.25) is 0 Å². The van der Waals surface area contributed by atoms with Crippen LogP contribution in [0.15, 0.2) is 55.4 Å². The summed E-state index contributed by atoms with van der Waals surface area (Å²) in [6.07, 6.45) is 2.69. The fraction of sp³-hybridized carbons (Fsp3) is 0.387. The predicted octanol–water partition coefficient (Wildman–Crippen LogP) is 4.58. The summed E-state index contributed by atoms with van der Waals surface area (Å²) in [6.45, 7) is 12.6. The summed E-state index contributed by atoms with van der Waals surface area (Å²) in [4.78, 5) is 43.7. The van der Waals surface area contributed by atoms with Crippen LogP contribution in [0.4, 0.5) is 32.3 Å². The number of likely N-dealkylation sites (N-methyl/N-ethyl adjacent to an activating group) is 1. The number of carbonyl (C=O) groups excluding carboxylic acids is 2. The molecule has 43 heavy (non-hydrogen) atoms. The van der Waals surface area contributed by atoms with Gasteiger partial charge in [-0.2, -0.15) is 4.98 Å². The van der Waals surface area contributed by atoms with Crippen LogP contribution in [-0.4, -0.2) is 83.9 Å². The molecule has 2 aliphatic heterocycles. The molecule has 1 aromatic carbocycles. The minimum atomic E-state index is -1.28. The Morgan fingerprint density at radius 3 is 2.63 bits per heavy atom. The molecule has 5 rings (SSSR count). The number of aromatic nitrogens is 3. The maximum absolute atomic E-state index is 14.1. The fourth-order valence-corrected chi connectivity index (χ4v) is 5.25. The molecule has 3 aromatic rings. The van der Waals surface area contributed by atoms with Gasteiger partial charge in [-0.15, -0.1) is 0 Å². The van der Waals surface area contributed by atoms with Gasteiger partial charge in [0.15, 0.2) is 0 Å². The first kappa shape index (κ1) is 29.9. The van der Waals surface area contributed by atoms with E-state index in [4.69, 9.17) is 9.72 Å². The Bertz CT molecular complexity index is 1510. The van der Waals surface area contributed by atoms with E-state index in [0.717, 1.165) is 54.3 Å². The lowest BCUT2D eigenvalue weighted by molar-refractivity contribution is -0.111. The van der Waals surface area contributed by atoms with Gasteiger partial charge < -0.3 is 25.2 Å². The standard InChI is InChI=1S/C31H37FN8O3/c1-6-29(41)36-23-14-22(15-24(16-23)39-11-9-38(5)10-12-39)25-17-34-26(13-19(25)2)21(4)35-30-33-8-7-28(37-30)40-27(20(3)32)18-43-31(40)42/h6-8,13-17,20-21,27H,1,9-12,18H2,2-5H3,(H,36,41)(H,33,35,37)/t20-,21-,27+/m0/s1. The van der Waals surface area contributed by atoms with Gasteiger partial charge in [0, 0.05) is 55.5 Å². The number of hydrogen-bond acceptors (Lipinski definition) is 9. The Hall–Kier alpha value is -4.58. The molecule has 2 N–H and O–H groups in total. The van der Waals surface area contributed by atoms with Crippen molar-refractivity contribution in [2.24, 2.45) is 0 Å². The Labute approximate surface area is 250 Å². The molecule has 0 saturated carbocycles. The number of nitrogens with zero attached hydrogens (tertiary/aromatic N) is 6. The van der Waals surface area contributed by atoms with Crippen LogP contribution in [0.5, 0.6) is 0 Å². The van der Waals surface area contributed by atoms with Crippen LogP contribution in [0.3, 0.4) is 0 Å². The van der Waals surface area contributed by atoms with Crippen molar-refractivity contribution in [2.45, 2.75) is 39.0 Å². The number of halogens is 1. The van der Waals surface area contributed by atoms with Gasteiger partial charge in [-0.3, -0.25) is 14.7 Å². The number of rotatable bonds is 9. The molecule has 4 heterocycles. The fourth-order valence-electron chi connectivity index (χ4n) is 5.25. The first-order chi connectivity index (χ1) is 20.6. The number of alkyl halides is 1. The van der Waals surface area contributed by atoms with Gasteiger partial charge in [0.1, 0.15) is 24.6 Å². The van der Waals surface area contributed by atoms with Crippen LogP contribution >= 0.6 is 0 Å². The highest BCUT2D eigenvalue weighted by Gasteiger charge is 2.39. The zero-order valence-electron chi connectivity index (χ0n) is 24.9. The van der Waals surface area contributed by atoms with Gasteiger partial charge in [0.25, 0.3) is 0 Å². The zero-order valence-corrected chi connectivity index (χ0v) is 24.9. The molecular formula is C31H37FN8O3. The third-order valence-electron chi connectivity index (χ3n) is 7.80. The van der Waals surface area contributed by atoms with Crippen molar-refractivity contribution in [3.05, 3.63) is 66.6 Å². The molecule has 0 unspecified atom stereocenters. The summed E-state index contributed by atoms with van der Waals surface area (Å²) in [7, 11) is 2.12. The van der Waals surface area contributed by atoms with E-state index < -0.39 is 18.3 Å². The number of anilines is 4. The van der Waals surface area contributed by atoms with E-state index in [1.807, 2.05) is 38.2 Å². The van der Waals surface area contributed by atoms with Gasteiger partial charge in [0.2, 0.25) is 11.9 Å². The molecule has 11 nitrogen and oxygen atoms in total. The van der Waals surface area contributed by atoms with Crippen molar-refractivity contribution in [2.75, 3.05) is 60.3 Å². The maximum atomic E-state index is 14.1. The van der Waals surface area contributed by atoms with Crippen molar-refractivity contribution >= 4 is 35.1 Å². The van der Waals surface area contributed by atoms with Crippen molar-refractivity contribution in [3.8, 4) is 11.1 Å². The summed E-state index contributed by atoms with van der Waals surface area (Å²) in [5.74, 6) is 0.274. The molecule has 2 aliphatic rings. The molecule has 0 spiro atoms. The van der Waals surface area contributed by atoms with Gasteiger partial charge in [-0.05, 0) is 75.4 Å². The number of benzene rings is 1. The van der Waals surface area contributed by atoms with Gasteiger partial charge in [-0.1, -0.05) is 6.58 Å². The summed E-state index contributed by atoms with van der Waals surface area (Å²) >= 11 is 0. The summed E-state index contributed by atoms with van der Waals surface area (Å²) < 4.78 is 19.1. The Morgan fingerprint density at radius 1 is 1.16 bits per heavy atom. The number of carbonyl (C=O) groups is 2. The number of nitrogens with one attached hydrogen (secondary N) is 2. The van der Waals surface area contributed by atoms with Crippen LogP contribution in [0.25, 0.3) is 11.1 Å². The smallest absolute Gasteiger partial charge is 0.416 e. The van der Waals surface area contributed by atoms with Crippen LogP contribution in [0, 0.1) is 6.92 Å². The quantitative estimate of drug-likeness (QED) is 0.347. The van der Waals surface area contributed by atoms with Gasteiger partial charge >= 0.3 is 6.09 Å². The topological polar surface area (TPSA) is 116 Å². The Balaban J connectivity index is 1.37. The average Bonchev–Trinajstić information content (AvgIpc) is 3.39. The molecule has 226 valence electrons. The minimum Gasteiger partial charge on any atom is -0.447 e. The van der Waals surface area contributed by atoms with Crippen LogP contribution in [0.1, 0.15) is 31.1 Å². The molecule has 2 saturated heterocycles. The highest BCUT2D eigenvalue weighted by molar-refractivity contribution is 5.99. The Kier molecular flexibility index (Phi) is 8.86. The number of hydrogen-bond donors (Lipinski definition) is 2. The number of cyclic esters (lactones) is 1. The van der Waals surface area contributed by atoms with E-state index in [0.29, 0.717) is 5.69 Å². The summed E-state index contributed by atoms with van der Waals surface area (Å²) in [5, 5.41) is 6.15. The number of aryl methyl sites for hydroxylation is 1. The Morgan fingerprint density at radius 2 is 1.93 bits per heavy atom. The van der Waals surface area contributed by atoms with Crippen molar-refractivity contribution < 1.29 is 18.7 Å². The third kappa shape index (κ3) is 6.75. The monoisotopic (exact) mass is 588 g/mol. The molecule has 0 bridgehead atoms. The lowest BCUT2D eigenvalue weighted by Gasteiger charge is -2.34. The SMILES string of the molecule is C=CC(=O)Nc1cc(-c2cnc([C@H](C)Nc3nccc(N4C(=O)OC[C@@H]4[C@H](C)F)n3)cc2C)cc(N2CCN(C)CC2)c1. The zero-order chi connectivity index (χ0) is 30.7. The lowest BCUT2D eigenvalue weighted by Crippen LogP contribution is -2.44. The van der Waals surface area contributed by atoms with E-state index in [-0.39, 0.29) is 30.3 Å². The molecule has 0 radical (unpaired) electrons. The number of pyridine rings is 1. The molecule has 2 fully saturated rings. The lowest BCUT2D eigenvalue weighted by atomic mass is 9.99. The van der Waals surface area contributed by atoms with Crippen molar-refractivity contribution in [1.29, 1.82) is 0 Å². The second-order valence-electron chi connectivity index (χ2n) is 11.0. The summed E-state index contributed by atoms with van der Waals surface area (Å²) in [5.41, 5.74) is 5.38. The number of ether oxygens (including phenoxy) is 1. The average molecular weight is 589 g/mol. The van der Waals surface area contributed by atoms with E-state index >= 15 is 0 Å². The maximum Gasteiger partial charge on any atom is 0.416 e. The first-order valence-electron chi connectivity index (χ1n) is 14.3. The predicted molar refractivity (Wildman–Crippen MR) is 165 cm³/mol.